The second-order valence-corrected chi connectivity index (χ2v) is 4.86. The zero-order valence-electron chi connectivity index (χ0n) is 10.4. The molecule has 0 aliphatic heterocycles. The minimum Gasteiger partial charge on any atom is -0.324 e. The zero-order valence-corrected chi connectivity index (χ0v) is 11.3. The monoisotopic (exact) mass is 284 g/mol. The summed E-state index contributed by atoms with van der Waals surface area (Å²) in [6, 6.07) is 3.48. The molecular formula is C12H14F2N4S. The summed E-state index contributed by atoms with van der Waals surface area (Å²) >= 11 is 1.38. The fourth-order valence-corrected chi connectivity index (χ4v) is 2.69. The van der Waals surface area contributed by atoms with Gasteiger partial charge < -0.3 is 10.3 Å². The number of hydrogen-bond acceptors (Lipinski definition) is 4. The maximum atomic E-state index is 13.1. The minimum atomic E-state index is -0.574. The first-order chi connectivity index (χ1) is 9.13. The molecule has 2 N–H and O–H groups in total. The Hall–Kier alpha value is -1.47. The first kappa shape index (κ1) is 14.0. The van der Waals surface area contributed by atoms with Crippen LogP contribution in [0.2, 0.25) is 0 Å². The van der Waals surface area contributed by atoms with Gasteiger partial charge in [0, 0.05) is 18.4 Å². The van der Waals surface area contributed by atoms with E-state index in [1.54, 1.807) is 0 Å². The van der Waals surface area contributed by atoms with Gasteiger partial charge in [-0.2, -0.15) is 0 Å². The van der Waals surface area contributed by atoms with Gasteiger partial charge in [-0.25, -0.2) is 8.78 Å². The molecule has 102 valence electrons. The molecule has 0 radical (unpaired) electrons. The zero-order chi connectivity index (χ0) is 13.8. The maximum Gasteiger partial charge on any atom is 0.191 e. The number of benzene rings is 1. The summed E-state index contributed by atoms with van der Waals surface area (Å²) in [7, 11) is 0. The second-order valence-electron chi connectivity index (χ2n) is 3.91. The Kier molecular flexibility index (Phi) is 4.49. The highest BCUT2D eigenvalue weighted by atomic mass is 32.2. The fraction of sp³-hybridized carbons (Fsp3) is 0.333. The molecule has 0 aliphatic rings. The molecule has 0 aliphatic carbocycles. The van der Waals surface area contributed by atoms with Gasteiger partial charge in [0.25, 0.3) is 0 Å². The molecule has 0 bridgehead atoms. The third kappa shape index (κ3) is 3.30. The van der Waals surface area contributed by atoms with Crippen molar-refractivity contribution >= 4 is 11.8 Å². The fourth-order valence-electron chi connectivity index (χ4n) is 1.74. The predicted octanol–water partition coefficient (Wildman–Crippen LogP) is 2.33. The van der Waals surface area contributed by atoms with Crippen molar-refractivity contribution in [2.45, 2.75) is 30.9 Å². The quantitative estimate of drug-likeness (QED) is 0.856. The van der Waals surface area contributed by atoms with E-state index in [0.29, 0.717) is 35.4 Å². The molecule has 0 saturated heterocycles. The topological polar surface area (TPSA) is 56.7 Å². The Morgan fingerprint density at radius 3 is 2.47 bits per heavy atom. The Balaban J connectivity index is 2.12. The Bertz CT molecular complexity index is 551. The number of rotatable bonds is 5. The summed E-state index contributed by atoms with van der Waals surface area (Å²) in [5.41, 5.74) is 6.13. The molecule has 0 amide bonds. The molecule has 2 rings (SSSR count). The van der Waals surface area contributed by atoms with E-state index in [1.165, 1.54) is 23.9 Å². The van der Waals surface area contributed by atoms with Crippen molar-refractivity contribution in [1.82, 2.24) is 14.8 Å². The largest absolute Gasteiger partial charge is 0.324 e. The standard InChI is InChI=1S/C12H14F2N4S/c1-2-18-11(6-15)16-17-12(18)19-7-8-3-9(13)5-10(14)4-8/h3-5H,2,6-7,15H2,1H3. The smallest absolute Gasteiger partial charge is 0.191 e. The maximum absolute atomic E-state index is 13.1. The van der Waals surface area contributed by atoms with Crippen LogP contribution in [0.4, 0.5) is 8.78 Å². The lowest BCUT2D eigenvalue weighted by molar-refractivity contribution is 0.581. The molecule has 0 atom stereocenters. The van der Waals surface area contributed by atoms with E-state index >= 15 is 0 Å². The van der Waals surface area contributed by atoms with Crippen LogP contribution in [0.25, 0.3) is 0 Å². The molecule has 19 heavy (non-hydrogen) atoms. The van der Waals surface area contributed by atoms with Gasteiger partial charge in [-0.1, -0.05) is 11.8 Å². The molecule has 4 nitrogen and oxygen atoms in total. The molecule has 1 aromatic carbocycles. The molecule has 1 aromatic heterocycles. The van der Waals surface area contributed by atoms with Gasteiger partial charge in [0.1, 0.15) is 17.5 Å². The molecule has 0 spiro atoms. The second kappa shape index (κ2) is 6.12. The van der Waals surface area contributed by atoms with Crippen LogP contribution in [0, 0.1) is 11.6 Å². The van der Waals surface area contributed by atoms with Crippen LogP contribution in [0.3, 0.4) is 0 Å². The first-order valence-corrected chi connectivity index (χ1v) is 6.82. The molecule has 0 fully saturated rings. The number of halogens is 2. The van der Waals surface area contributed by atoms with E-state index in [0.717, 1.165) is 6.07 Å². The van der Waals surface area contributed by atoms with Crippen molar-refractivity contribution in [2.75, 3.05) is 0 Å². The van der Waals surface area contributed by atoms with Gasteiger partial charge in [-0.3, -0.25) is 0 Å². The molecule has 0 unspecified atom stereocenters. The molecule has 7 heteroatoms. The van der Waals surface area contributed by atoms with Crippen LogP contribution in [-0.4, -0.2) is 14.8 Å². The highest BCUT2D eigenvalue weighted by Crippen LogP contribution is 2.22. The Morgan fingerprint density at radius 1 is 1.21 bits per heavy atom. The lowest BCUT2D eigenvalue weighted by Crippen LogP contribution is -2.08. The molecular weight excluding hydrogens is 270 g/mol. The van der Waals surface area contributed by atoms with Crippen LogP contribution < -0.4 is 5.73 Å². The van der Waals surface area contributed by atoms with Crippen LogP contribution in [-0.2, 0) is 18.8 Å². The van der Waals surface area contributed by atoms with Crippen LogP contribution >= 0.6 is 11.8 Å². The number of hydrogen-bond donors (Lipinski definition) is 1. The van der Waals surface area contributed by atoms with Crippen molar-refractivity contribution in [3.05, 3.63) is 41.2 Å². The highest BCUT2D eigenvalue weighted by molar-refractivity contribution is 7.98. The first-order valence-electron chi connectivity index (χ1n) is 5.84. The van der Waals surface area contributed by atoms with E-state index < -0.39 is 11.6 Å². The van der Waals surface area contributed by atoms with Crippen LogP contribution in [0.1, 0.15) is 18.3 Å². The summed E-state index contributed by atoms with van der Waals surface area (Å²) in [5, 5.41) is 8.70. The third-order valence-corrected chi connectivity index (χ3v) is 3.62. The number of aromatic nitrogens is 3. The normalized spacial score (nSPS) is 10.9. The van der Waals surface area contributed by atoms with Crippen LogP contribution in [0.5, 0.6) is 0 Å². The lowest BCUT2D eigenvalue weighted by Gasteiger charge is -2.06. The summed E-state index contributed by atoms with van der Waals surface area (Å²) in [6.45, 7) is 2.99. The SMILES string of the molecule is CCn1c(CN)nnc1SCc1cc(F)cc(F)c1. The molecule has 2 aromatic rings. The summed E-state index contributed by atoms with van der Waals surface area (Å²) in [5.74, 6) is -0.0157. The Labute approximate surface area is 114 Å². The van der Waals surface area contributed by atoms with Gasteiger partial charge in [-0.15, -0.1) is 10.2 Å². The van der Waals surface area contributed by atoms with Gasteiger partial charge >= 0.3 is 0 Å². The summed E-state index contributed by atoms with van der Waals surface area (Å²) < 4.78 is 28.0. The number of nitrogens with zero attached hydrogens (tertiary/aromatic N) is 3. The van der Waals surface area contributed by atoms with Gasteiger partial charge in [0.2, 0.25) is 0 Å². The van der Waals surface area contributed by atoms with Crippen molar-refractivity contribution in [3.63, 3.8) is 0 Å². The highest BCUT2D eigenvalue weighted by Gasteiger charge is 2.10. The van der Waals surface area contributed by atoms with Crippen LogP contribution in [0.15, 0.2) is 23.4 Å². The van der Waals surface area contributed by atoms with E-state index in [-0.39, 0.29) is 0 Å². The third-order valence-electron chi connectivity index (χ3n) is 2.58. The predicted molar refractivity (Wildman–Crippen MR) is 69.5 cm³/mol. The Morgan fingerprint density at radius 2 is 1.89 bits per heavy atom. The minimum absolute atomic E-state index is 0.315. The summed E-state index contributed by atoms with van der Waals surface area (Å²) in [4.78, 5) is 0. The average Bonchev–Trinajstić information content (AvgIpc) is 2.77. The van der Waals surface area contributed by atoms with E-state index in [2.05, 4.69) is 10.2 Å². The lowest BCUT2D eigenvalue weighted by atomic mass is 10.2. The molecule has 1 heterocycles. The van der Waals surface area contributed by atoms with E-state index in [9.17, 15) is 8.78 Å². The van der Waals surface area contributed by atoms with E-state index in [1.807, 2.05) is 11.5 Å². The van der Waals surface area contributed by atoms with Crippen molar-refractivity contribution in [2.24, 2.45) is 5.73 Å². The number of nitrogens with two attached hydrogens (primary N) is 1. The average molecular weight is 284 g/mol. The van der Waals surface area contributed by atoms with Gasteiger partial charge in [0.05, 0.1) is 6.54 Å². The molecule has 0 saturated carbocycles. The van der Waals surface area contributed by atoms with Gasteiger partial charge in [-0.05, 0) is 24.6 Å². The van der Waals surface area contributed by atoms with Gasteiger partial charge in [0.15, 0.2) is 5.16 Å². The van der Waals surface area contributed by atoms with Crippen molar-refractivity contribution in [3.8, 4) is 0 Å². The van der Waals surface area contributed by atoms with E-state index in [4.69, 9.17) is 5.73 Å². The number of thioether (sulfide) groups is 1. The van der Waals surface area contributed by atoms with Crippen molar-refractivity contribution in [1.29, 1.82) is 0 Å². The van der Waals surface area contributed by atoms with Crippen molar-refractivity contribution < 1.29 is 8.78 Å². The summed E-state index contributed by atoms with van der Waals surface area (Å²) in [6.07, 6.45) is 0.